The lowest BCUT2D eigenvalue weighted by molar-refractivity contribution is -0.115. The first kappa shape index (κ1) is 22.8. The molecule has 172 valence electrons. The molecule has 0 saturated heterocycles. The Morgan fingerprint density at radius 3 is 2.51 bits per heavy atom. The van der Waals surface area contributed by atoms with Crippen molar-refractivity contribution in [1.82, 2.24) is 10.3 Å². The second-order valence-electron chi connectivity index (χ2n) is 7.55. The molecule has 0 radical (unpaired) electrons. The zero-order valence-electron chi connectivity index (χ0n) is 18.2. The zero-order valence-corrected chi connectivity index (χ0v) is 20.6. The number of fused-ring (bicyclic) bond motifs is 1. The lowest BCUT2D eigenvalue weighted by Crippen LogP contribution is -2.32. The van der Waals surface area contributed by atoms with Crippen LogP contribution in [0.3, 0.4) is 0 Å². The van der Waals surface area contributed by atoms with Crippen molar-refractivity contribution in [2.45, 2.75) is 0 Å². The highest BCUT2D eigenvalue weighted by Crippen LogP contribution is 2.27. The Bertz CT molecular complexity index is 1540. The van der Waals surface area contributed by atoms with Crippen LogP contribution >= 0.6 is 28.1 Å². The number of carbonyl (C=O) groups excluding carboxylic acids is 1. The summed E-state index contributed by atoms with van der Waals surface area (Å²) in [7, 11) is 0. The summed E-state index contributed by atoms with van der Waals surface area (Å²) in [5.74, 6) is 1.45. The molecule has 0 unspecified atom stereocenters. The SMILES string of the molecule is O=C(/C=C/c1ccc(-c2ccccc2)o1)NC(=S)Nc1ccc2oc(-c3ccc(Br)cc3)nc2c1. The summed E-state index contributed by atoms with van der Waals surface area (Å²) in [6, 6.07) is 26.5. The first-order chi connectivity index (χ1) is 17.0. The van der Waals surface area contributed by atoms with E-state index in [9.17, 15) is 4.79 Å². The van der Waals surface area contributed by atoms with Crippen molar-refractivity contribution in [1.29, 1.82) is 0 Å². The Hall–Kier alpha value is -4.01. The van der Waals surface area contributed by atoms with Crippen LogP contribution in [0.25, 0.3) is 40.0 Å². The third-order valence-electron chi connectivity index (χ3n) is 5.06. The smallest absolute Gasteiger partial charge is 0.250 e. The fourth-order valence-electron chi connectivity index (χ4n) is 3.39. The van der Waals surface area contributed by atoms with Crippen molar-refractivity contribution in [3.8, 4) is 22.8 Å². The second kappa shape index (κ2) is 10.1. The first-order valence-corrected chi connectivity index (χ1v) is 11.9. The molecule has 0 spiro atoms. The minimum absolute atomic E-state index is 0.167. The molecule has 0 aliphatic carbocycles. The van der Waals surface area contributed by atoms with Crippen LogP contribution in [-0.4, -0.2) is 16.0 Å². The predicted molar refractivity (Wildman–Crippen MR) is 145 cm³/mol. The fraction of sp³-hybridized carbons (Fsp3) is 0. The number of oxazole rings is 1. The maximum absolute atomic E-state index is 12.3. The quantitative estimate of drug-likeness (QED) is 0.183. The normalized spacial score (nSPS) is 11.1. The number of benzene rings is 3. The summed E-state index contributed by atoms with van der Waals surface area (Å²) >= 11 is 8.70. The molecule has 35 heavy (non-hydrogen) atoms. The van der Waals surface area contributed by atoms with Crippen LogP contribution in [0.5, 0.6) is 0 Å². The van der Waals surface area contributed by atoms with E-state index in [4.69, 9.17) is 21.1 Å². The van der Waals surface area contributed by atoms with Gasteiger partial charge in [0.15, 0.2) is 10.7 Å². The van der Waals surface area contributed by atoms with Crippen LogP contribution in [0.2, 0.25) is 0 Å². The Morgan fingerprint density at radius 2 is 1.71 bits per heavy atom. The number of furan rings is 1. The van der Waals surface area contributed by atoms with Crippen molar-refractivity contribution in [3.63, 3.8) is 0 Å². The fourth-order valence-corrected chi connectivity index (χ4v) is 3.88. The minimum Gasteiger partial charge on any atom is -0.457 e. The summed E-state index contributed by atoms with van der Waals surface area (Å²) in [5.41, 5.74) is 3.85. The van der Waals surface area contributed by atoms with Crippen molar-refractivity contribution < 1.29 is 13.6 Å². The summed E-state index contributed by atoms with van der Waals surface area (Å²) in [4.78, 5) is 16.8. The molecule has 5 aromatic rings. The van der Waals surface area contributed by atoms with Crippen LogP contribution in [-0.2, 0) is 4.79 Å². The van der Waals surface area contributed by atoms with Gasteiger partial charge in [0.1, 0.15) is 17.0 Å². The number of thiocarbonyl (C=S) groups is 1. The molecular formula is C27H18BrN3O3S. The molecule has 5 rings (SSSR count). The summed E-state index contributed by atoms with van der Waals surface area (Å²) in [6.07, 6.45) is 2.96. The van der Waals surface area contributed by atoms with Crippen molar-refractivity contribution >= 4 is 62.0 Å². The Balaban J connectivity index is 1.20. The standard InChI is InChI=1S/C27H18BrN3O3S/c28-19-8-6-18(7-9-19)26-30-22-16-20(10-13-24(22)34-26)29-27(35)31-25(32)15-12-21-11-14-23(33-21)17-4-2-1-3-5-17/h1-16H,(H2,29,31,32,35)/b15-12+. The summed E-state index contributed by atoms with van der Waals surface area (Å²) in [6.45, 7) is 0. The Kier molecular flexibility index (Phi) is 6.56. The van der Waals surface area contributed by atoms with E-state index in [-0.39, 0.29) is 11.0 Å². The van der Waals surface area contributed by atoms with Gasteiger partial charge in [0.05, 0.1) is 0 Å². The van der Waals surface area contributed by atoms with E-state index in [2.05, 4.69) is 31.5 Å². The van der Waals surface area contributed by atoms with Gasteiger partial charge in [-0.15, -0.1) is 0 Å². The lowest BCUT2D eigenvalue weighted by Gasteiger charge is -2.07. The monoisotopic (exact) mass is 543 g/mol. The first-order valence-electron chi connectivity index (χ1n) is 10.7. The van der Waals surface area contributed by atoms with Crippen molar-refractivity contribution in [2.24, 2.45) is 0 Å². The predicted octanol–water partition coefficient (Wildman–Crippen LogP) is 7.04. The number of rotatable bonds is 5. The van der Waals surface area contributed by atoms with E-state index < -0.39 is 0 Å². The molecule has 2 aromatic heterocycles. The van der Waals surface area contributed by atoms with Gasteiger partial charge in [0.2, 0.25) is 11.8 Å². The number of nitrogens with one attached hydrogen (secondary N) is 2. The molecule has 0 saturated carbocycles. The van der Waals surface area contributed by atoms with Gasteiger partial charge >= 0.3 is 0 Å². The minimum atomic E-state index is -0.375. The largest absolute Gasteiger partial charge is 0.457 e. The molecule has 2 N–H and O–H groups in total. The number of hydrogen-bond acceptors (Lipinski definition) is 5. The van der Waals surface area contributed by atoms with Gasteiger partial charge in [0, 0.05) is 27.4 Å². The third-order valence-corrected chi connectivity index (χ3v) is 5.79. The number of aromatic nitrogens is 1. The molecular weight excluding hydrogens is 526 g/mol. The van der Waals surface area contributed by atoms with Gasteiger partial charge in [-0.2, -0.15) is 0 Å². The van der Waals surface area contributed by atoms with Crippen molar-refractivity contribution in [3.05, 3.63) is 101 Å². The number of hydrogen-bond donors (Lipinski definition) is 2. The molecule has 8 heteroatoms. The van der Waals surface area contributed by atoms with Crippen molar-refractivity contribution in [2.75, 3.05) is 5.32 Å². The van der Waals surface area contributed by atoms with E-state index in [0.29, 0.717) is 28.4 Å². The highest BCUT2D eigenvalue weighted by Gasteiger charge is 2.10. The van der Waals surface area contributed by atoms with E-state index in [1.165, 1.54) is 6.08 Å². The lowest BCUT2D eigenvalue weighted by atomic mass is 10.2. The molecule has 0 atom stereocenters. The summed E-state index contributed by atoms with van der Waals surface area (Å²) in [5, 5.41) is 5.79. The molecule has 2 heterocycles. The average molecular weight is 544 g/mol. The topological polar surface area (TPSA) is 80.3 Å². The highest BCUT2D eigenvalue weighted by molar-refractivity contribution is 9.10. The van der Waals surface area contributed by atoms with Gasteiger partial charge in [0.25, 0.3) is 0 Å². The van der Waals surface area contributed by atoms with E-state index in [1.807, 2.05) is 66.7 Å². The zero-order chi connectivity index (χ0) is 24.2. The van der Waals surface area contributed by atoms with E-state index in [1.54, 1.807) is 24.3 Å². The van der Waals surface area contributed by atoms with Crippen LogP contribution in [0.15, 0.2) is 104 Å². The highest BCUT2D eigenvalue weighted by atomic mass is 79.9. The molecule has 3 aromatic carbocycles. The van der Waals surface area contributed by atoms with Crippen LogP contribution < -0.4 is 10.6 Å². The third kappa shape index (κ3) is 5.56. The van der Waals surface area contributed by atoms with Crippen LogP contribution in [0, 0.1) is 0 Å². The average Bonchev–Trinajstić information content (AvgIpc) is 3.51. The van der Waals surface area contributed by atoms with E-state index >= 15 is 0 Å². The number of carbonyl (C=O) groups is 1. The Morgan fingerprint density at radius 1 is 0.914 bits per heavy atom. The molecule has 0 fully saturated rings. The van der Waals surface area contributed by atoms with Gasteiger partial charge in [-0.25, -0.2) is 4.98 Å². The maximum atomic E-state index is 12.3. The van der Waals surface area contributed by atoms with Crippen LogP contribution in [0.4, 0.5) is 5.69 Å². The Labute approximate surface area is 214 Å². The maximum Gasteiger partial charge on any atom is 0.250 e. The van der Waals surface area contributed by atoms with Gasteiger partial charge in [-0.05, 0) is 72.9 Å². The van der Waals surface area contributed by atoms with Crippen LogP contribution in [0.1, 0.15) is 5.76 Å². The molecule has 1 amide bonds. The number of anilines is 1. The molecule has 6 nitrogen and oxygen atoms in total. The number of amides is 1. The van der Waals surface area contributed by atoms with Gasteiger partial charge < -0.3 is 14.2 Å². The second-order valence-corrected chi connectivity index (χ2v) is 8.88. The number of nitrogens with zero attached hydrogens (tertiary/aromatic N) is 1. The van der Waals surface area contributed by atoms with E-state index in [0.717, 1.165) is 21.4 Å². The molecule has 0 aliphatic heterocycles. The molecule has 0 bridgehead atoms. The summed E-state index contributed by atoms with van der Waals surface area (Å²) < 4.78 is 12.6. The number of halogens is 1. The van der Waals surface area contributed by atoms with Gasteiger partial charge in [-0.3, -0.25) is 10.1 Å². The van der Waals surface area contributed by atoms with Gasteiger partial charge in [-0.1, -0.05) is 46.3 Å². The molecule has 0 aliphatic rings.